The van der Waals surface area contributed by atoms with E-state index in [-0.39, 0.29) is 0 Å². The molecule has 0 aliphatic heterocycles. The van der Waals surface area contributed by atoms with E-state index in [1.54, 1.807) is 0 Å². The maximum absolute atomic E-state index is 5.15. The van der Waals surface area contributed by atoms with Crippen LogP contribution in [0, 0.1) is 27.7 Å². The van der Waals surface area contributed by atoms with E-state index >= 15 is 0 Å². The zero-order valence-corrected chi connectivity index (χ0v) is 11.9. The Balaban J connectivity index is 1.84. The summed E-state index contributed by atoms with van der Waals surface area (Å²) in [4.78, 5) is 8.70. The first-order valence-corrected chi connectivity index (χ1v) is 6.54. The van der Waals surface area contributed by atoms with Crippen molar-refractivity contribution in [3.63, 3.8) is 0 Å². The fourth-order valence-corrected chi connectivity index (χ4v) is 2.13. The Hall–Kier alpha value is -1.91. The Morgan fingerprint density at radius 2 is 1.79 bits per heavy atom. The van der Waals surface area contributed by atoms with Gasteiger partial charge in [0.25, 0.3) is 0 Å². The third-order valence-electron chi connectivity index (χ3n) is 3.05. The van der Waals surface area contributed by atoms with Gasteiger partial charge in [-0.25, -0.2) is 9.97 Å². The summed E-state index contributed by atoms with van der Waals surface area (Å²) in [5, 5.41) is 7.21. The highest BCUT2D eigenvalue weighted by Gasteiger charge is 2.08. The molecule has 1 N–H and O–H groups in total. The molecule has 0 saturated heterocycles. The Labute approximate surface area is 113 Å². The number of hydrogen-bond donors (Lipinski definition) is 1. The lowest BCUT2D eigenvalue weighted by Gasteiger charge is -2.06. The predicted molar refractivity (Wildman–Crippen MR) is 74.3 cm³/mol. The molecule has 0 spiro atoms. The van der Waals surface area contributed by atoms with E-state index in [9.17, 15) is 0 Å². The highest BCUT2D eigenvalue weighted by Crippen LogP contribution is 2.14. The Morgan fingerprint density at radius 1 is 1.11 bits per heavy atom. The molecule has 0 aliphatic carbocycles. The van der Waals surface area contributed by atoms with Crippen molar-refractivity contribution >= 4 is 5.95 Å². The molecule has 5 heteroatoms. The molecular formula is C14H20N4O. The van der Waals surface area contributed by atoms with Gasteiger partial charge in [-0.3, -0.25) is 0 Å². The second-order valence-electron chi connectivity index (χ2n) is 4.81. The van der Waals surface area contributed by atoms with Crippen molar-refractivity contribution in [3.8, 4) is 0 Å². The lowest BCUT2D eigenvalue weighted by molar-refractivity contribution is 0.392. The molecule has 0 atom stereocenters. The van der Waals surface area contributed by atoms with Crippen LogP contribution in [0.2, 0.25) is 0 Å². The van der Waals surface area contributed by atoms with Crippen LogP contribution >= 0.6 is 0 Å². The van der Waals surface area contributed by atoms with Gasteiger partial charge in [0.1, 0.15) is 5.76 Å². The molecule has 0 aliphatic rings. The normalized spacial score (nSPS) is 10.7. The number of aryl methyl sites for hydroxylation is 4. The summed E-state index contributed by atoms with van der Waals surface area (Å²) >= 11 is 0. The van der Waals surface area contributed by atoms with Crippen molar-refractivity contribution in [1.82, 2.24) is 15.1 Å². The maximum Gasteiger partial charge on any atom is 0.223 e. The van der Waals surface area contributed by atoms with Gasteiger partial charge < -0.3 is 9.84 Å². The molecule has 0 aromatic carbocycles. The number of rotatable bonds is 5. The fourth-order valence-electron chi connectivity index (χ4n) is 2.13. The number of nitrogens with zero attached hydrogens (tertiary/aromatic N) is 3. The van der Waals surface area contributed by atoms with Crippen molar-refractivity contribution in [2.75, 3.05) is 11.9 Å². The molecule has 5 nitrogen and oxygen atoms in total. The average Bonchev–Trinajstić information content (AvgIpc) is 2.64. The Kier molecular flexibility index (Phi) is 4.14. The summed E-state index contributed by atoms with van der Waals surface area (Å²) in [5.74, 6) is 1.62. The number of anilines is 1. The smallest absolute Gasteiger partial charge is 0.223 e. The molecule has 0 saturated carbocycles. The summed E-state index contributed by atoms with van der Waals surface area (Å²) in [7, 11) is 0. The van der Waals surface area contributed by atoms with E-state index in [4.69, 9.17) is 4.52 Å². The lowest BCUT2D eigenvalue weighted by atomic mass is 10.1. The van der Waals surface area contributed by atoms with Crippen LogP contribution in [0.4, 0.5) is 5.95 Å². The SMILES string of the molecule is Cc1cc(C)nc(NCCCc2c(C)noc2C)n1. The van der Waals surface area contributed by atoms with Crippen LogP contribution < -0.4 is 5.32 Å². The third-order valence-corrected chi connectivity index (χ3v) is 3.05. The summed E-state index contributed by atoms with van der Waals surface area (Å²) < 4.78 is 5.15. The van der Waals surface area contributed by atoms with Crippen LogP contribution in [0.5, 0.6) is 0 Å². The zero-order valence-electron chi connectivity index (χ0n) is 11.9. The van der Waals surface area contributed by atoms with Crippen molar-refractivity contribution in [2.45, 2.75) is 40.5 Å². The van der Waals surface area contributed by atoms with Crippen LogP contribution in [0.3, 0.4) is 0 Å². The van der Waals surface area contributed by atoms with Gasteiger partial charge in [-0.2, -0.15) is 0 Å². The minimum absolute atomic E-state index is 0.705. The molecule has 0 bridgehead atoms. The quantitative estimate of drug-likeness (QED) is 0.837. The monoisotopic (exact) mass is 260 g/mol. The second kappa shape index (κ2) is 5.82. The molecule has 2 aromatic heterocycles. The topological polar surface area (TPSA) is 63.8 Å². The van der Waals surface area contributed by atoms with Crippen molar-refractivity contribution in [2.24, 2.45) is 0 Å². The van der Waals surface area contributed by atoms with Crippen molar-refractivity contribution in [3.05, 3.63) is 34.5 Å². The van der Waals surface area contributed by atoms with Gasteiger partial charge >= 0.3 is 0 Å². The summed E-state index contributed by atoms with van der Waals surface area (Å²) in [6.07, 6.45) is 1.96. The number of hydrogen-bond acceptors (Lipinski definition) is 5. The van der Waals surface area contributed by atoms with E-state index in [0.717, 1.165) is 42.2 Å². The van der Waals surface area contributed by atoms with E-state index in [2.05, 4.69) is 20.4 Å². The highest BCUT2D eigenvalue weighted by molar-refractivity contribution is 5.27. The fraction of sp³-hybridized carbons (Fsp3) is 0.500. The average molecular weight is 260 g/mol. The molecule has 0 fully saturated rings. The standard InChI is InChI=1S/C14H20N4O/c1-9-8-10(2)17-14(16-9)15-7-5-6-13-11(3)18-19-12(13)4/h8H,5-7H2,1-4H3,(H,15,16,17). The molecular weight excluding hydrogens is 240 g/mol. The van der Waals surface area contributed by atoms with Gasteiger partial charge in [0.2, 0.25) is 5.95 Å². The maximum atomic E-state index is 5.15. The molecule has 0 radical (unpaired) electrons. The Morgan fingerprint density at radius 3 is 2.37 bits per heavy atom. The predicted octanol–water partition coefficient (Wildman–Crippen LogP) is 2.74. The molecule has 2 aromatic rings. The first-order chi connectivity index (χ1) is 9.06. The van der Waals surface area contributed by atoms with Crippen LogP contribution in [0.1, 0.15) is 34.8 Å². The van der Waals surface area contributed by atoms with Gasteiger partial charge in [-0.1, -0.05) is 5.16 Å². The largest absolute Gasteiger partial charge is 0.361 e. The molecule has 102 valence electrons. The van der Waals surface area contributed by atoms with E-state index < -0.39 is 0 Å². The number of aromatic nitrogens is 3. The first-order valence-electron chi connectivity index (χ1n) is 6.54. The molecule has 0 unspecified atom stereocenters. The van der Waals surface area contributed by atoms with Crippen molar-refractivity contribution in [1.29, 1.82) is 0 Å². The molecule has 19 heavy (non-hydrogen) atoms. The number of nitrogens with one attached hydrogen (secondary N) is 1. The van der Waals surface area contributed by atoms with E-state index in [1.807, 2.05) is 33.8 Å². The van der Waals surface area contributed by atoms with Gasteiger partial charge in [0.15, 0.2) is 0 Å². The minimum Gasteiger partial charge on any atom is -0.361 e. The highest BCUT2D eigenvalue weighted by atomic mass is 16.5. The molecule has 0 amide bonds. The molecule has 2 heterocycles. The van der Waals surface area contributed by atoms with Gasteiger partial charge in [-0.05, 0) is 46.6 Å². The third kappa shape index (κ3) is 3.53. The summed E-state index contributed by atoms with van der Waals surface area (Å²) in [6, 6.07) is 1.97. The second-order valence-corrected chi connectivity index (χ2v) is 4.81. The van der Waals surface area contributed by atoms with Gasteiger partial charge in [0, 0.05) is 23.5 Å². The zero-order chi connectivity index (χ0) is 13.8. The summed E-state index contributed by atoms with van der Waals surface area (Å²) in [5.41, 5.74) is 4.17. The van der Waals surface area contributed by atoms with Crippen LogP contribution in [-0.2, 0) is 6.42 Å². The van der Waals surface area contributed by atoms with Crippen LogP contribution in [0.25, 0.3) is 0 Å². The molecule has 2 rings (SSSR count). The van der Waals surface area contributed by atoms with Gasteiger partial charge in [0.05, 0.1) is 5.69 Å². The van der Waals surface area contributed by atoms with E-state index in [1.165, 1.54) is 5.56 Å². The van der Waals surface area contributed by atoms with Crippen LogP contribution in [-0.4, -0.2) is 21.7 Å². The Bertz CT molecular complexity index is 523. The lowest BCUT2D eigenvalue weighted by Crippen LogP contribution is -2.08. The summed E-state index contributed by atoms with van der Waals surface area (Å²) in [6.45, 7) is 8.72. The van der Waals surface area contributed by atoms with E-state index in [0.29, 0.717) is 5.95 Å². The van der Waals surface area contributed by atoms with Gasteiger partial charge in [-0.15, -0.1) is 0 Å². The minimum atomic E-state index is 0.705. The van der Waals surface area contributed by atoms with Crippen LogP contribution in [0.15, 0.2) is 10.6 Å². The van der Waals surface area contributed by atoms with Crippen molar-refractivity contribution < 1.29 is 4.52 Å². The first kappa shape index (κ1) is 13.5.